The van der Waals surface area contributed by atoms with E-state index in [2.05, 4.69) is 11.7 Å². The number of aliphatic hydroxyl groups excluding tert-OH is 1. The first-order chi connectivity index (χ1) is 8.84. The first kappa shape index (κ1) is 13.6. The van der Waals surface area contributed by atoms with E-state index >= 15 is 0 Å². The van der Waals surface area contributed by atoms with Crippen molar-refractivity contribution in [1.29, 1.82) is 0 Å². The lowest BCUT2D eigenvalue weighted by molar-refractivity contribution is 0.176. The first-order valence-corrected chi connectivity index (χ1v) is 6.19. The van der Waals surface area contributed by atoms with Crippen LogP contribution in [0.25, 0.3) is 0 Å². The smallest absolute Gasteiger partial charge is 0.329 e. The predicted octanol–water partition coefficient (Wildman–Crippen LogP) is 1.72. The van der Waals surface area contributed by atoms with Crippen molar-refractivity contribution in [2.75, 3.05) is 18.0 Å². The Morgan fingerprint density at radius 1 is 1.63 bits per heavy atom. The molecule has 1 aliphatic rings. The Morgan fingerprint density at radius 2 is 2.32 bits per heavy atom. The third-order valence-corrected chi connectivity index (χ3v) is 3.01. The molecule has 19 heavy (non-hydrogen) atoms. The fraction of sp³-hybridized carbons (Fsp3) is 0.538. The molecule has 6 nitrogen and oxygen atoms in total. The van der Waals surface area contributed by atoms with E-state index in [1.165, 1.54) is 9.80 Å². The fourth-order valence-electron chi connectivity index (χ4n) is 1.92. The van der Waals surface area contributed by atoms with Gasteiger partial charge in [0.25, 0.3) is 0 Å². The van der Waals surface area contributed by atoms with Crippen molar-refractivity contribution in [3.63, 3.8) is 0 Å². The SMILES string of the molecule is C=CCN1CC(O)N(c2cc(C(C)(C)C)no2)C1=O. The van der Waals surface area contributed by atoms with Crippen molar-refractivity contribution in [3.8, 4) is 0 Å². The van der Waals surface area contributed by atoms with Crippen LogP contribution in [-0.2, 0) is 5.41 Å². The Morgan fingerprint density at radius 3 is 2.84 bits per heavy atom. The highest BCUT2D eigenvalue weighted by Gasteiger charge is 2.39. The van der Waals surface area contributed by atoms with Crippen molar-refractivity contribution in [1.82, 2.24) is 10.1 Å². The quantitative estimate of drug-likeness (QED) is 0.845. The summed E-state index contributed by atoms with van der Waals surface area (Å²) in [6.07, 6.45) is 0.697. The molecule has 104 valence electrons. The number of aromatic nitrogens is 1. The fourth-order valence-corrected chi connectivity index (χ4v) is 1.92. The molecule has 2 heterocycles. The molecule has 0 spiro atoms. The molecule has 1 aromatic heterocycles. The molecular formula is C13H19N3O3. The molecule has 0 aromatic carbocycles. The van der Waals surface area contributed by atoms with E-state index in [1.807, 2.05) is 20.8 Å². The number of hydrogen-bond donors (Lipinski definition) is 1. The van der Waals surface area contributed by atoms with E-state index in [0.29, 0.717) is 6.54 Å². The molecule has 1 saturated heterocycles. The number of rotatable bonds is 3. The molecular weight excluding hydrogens is 246 g/mol. The maximum absolute atomic E-state index is 12.1. The number of hydrogen-bond acceptors (Lipinski definition) is 4. The number of carbonyl (C=O) groups is 1. The van der Waals surface area contributed by atoms with Crippen molar-refractivity contribution in [2.24, 2.45) is 0 Å². The minimum atomic E-state index is -0.923. The summed E-state index contributed by atoms with van der Waals surface area (Å²) in [6, 6.07) is 1.39. The molecule has 1 atom stereocenters. The van der Waals surface area contributed by atoms with Gasteiger partial charge in [0.2, 0.25) is 5.88 Å². The molecule has 1 aromatic rings. The van der Waals surface area contributed by atoms with Gasteiger partial charge in [-0.25, -0.2) is 9.69 Å². The molecule has 0 bridgehead atoms. The van der Waals surface area contributed by atoms with E-state index in [4.69, 9.17) is 4.52 Å². The second-order valence-corrected chi connectivity index (χ2v) is 5.63. The van der Waals surface area contributed by atoms with Gasteiger partial charge in [0.15, 0.2) is 6.23 Å². The van der Waals surface area contributed by atoms with Crippen LogP contribution < -0.4 is 4.90 Å². The van der Waals surface area contributed by atoms with Gasteiger partial charge >= 0.3 is 6.03 Å². The largest absolute Gasteiger partial charge is 0.371 e. The molecule has 6 heteroatoms. The van der Waals surface area contributed by atoms with Crippen LogP contribution in [0, 0.1) is 0 Å². The summed E-state index contributed by atoms with van der Waals surface area (Å²) < 4.78 is 5.18. The van der Waals surface area contributed by atoms with E-state index in [9.17, 15) is 9.90 Å². The number of urea groups is 1. The Labute approximate surface area is 112 Å². The number of anilines is 1. The molecule has 1 N–H and O–H groups in total. The highest BCUT2D eigenvalue weighted by atomic mass is 16.5. The van der Waals surface area contributed by atoms with Crippen molar-refractivity contribution in [3.05, 3.63) is 24.4 Å². The van der Waals surface area contributed by atoms with Crippen LogP contribution in [0.1, 0.15) is 26.5 Å². The number of aliphatic hydroxyl groups is 1. The van der Waals surface area contributed by atoms with E-state index in [1.54, 1.807) is 12.1 Å². The minimum Gasteiger partial charge on any atom is -0.371 e. The number of β-amino-alcohol motifs (C(OH)–C–C–N with tert-alkyl or cyclic N) is 1. The van der Waals surface area contributed by atoms with Crippen LogP contribution in [0.15, 0.2) is 23.2 Å². The highest BCUT2D eigenvalue weighted by Crippen LogP contribution is 2.29. The number of carbonyl (C=O) groups excluding carboxylic acids is 1. The van der Waals surface area contributed by atoms with Crippen LogP contribution in [0.5, 0.6) is 0 Å². The lowest BCUT2D eigenvalue weighted by atomic mass is 9.92. The lowest BCUT2D eigenvalue weighted by Gasteiger charge is -2.15. The van der Waals surface area contributed by atoms with Crippen molar-refractivity contribution < 1.29 is 14.4 Å². The molecule has 1 unspecified atom stereocenters. The van der Waals surface area contributed by atoms with Crippen LogP contribution in [0.3, 0.4) is 0 Å². The Balaban J connectivity index is 2.24. The maximum Gasteiger partial charge on any atom is 0.329 e. The normalized spacial score (nSPS) is 20.2. The summed E-state index contributed by atoms with van der Waals surface area (Å²) in [5.41, 5.74) is 0.570. The van der Waals surface area contributed by atoms with E-state index in [-0.39, 0.29) is 23.9 Å². The van der Waals surface area contributed by atoms with Gasteiger partial charge in [0.1, 0.15) is 0 Å². The second kappa shape index (κ2) is 4.70. The highest BCUT2D eigenvalue weighted by molar-refractivity contribution is 5.93. The summed E-state index contributed by atoms with van der Waals surface area (Å²) in [5, 5.41) is 13.9. The van der Waals surface area contributed by atoms with Gasteiger partial charge in [-0.2, -0.15) is 0 Å². The average Bonchev–Trinajstić information content (AvgIpc) is 2.85. The van der Waals surface area contributed by atoms with E-state index < -0.39 is 6.23 Å². The van der Waals surface area contributed by atoms with Crippen LogP contribution in [0.4, 0.5) is 10.7 Å². The van der Waals surface area contributed by atoms with E-state index in [0.717, 1.165) is 5.69 Å². The zero-order chi connectivity index (χ0) is 14.2. The Hall–Kier alpha value is -1.82. The van der Waals surface area contributed by atoms with Gasteiger partial charge in [0.05, 0.1) is 12.2 Å². The summed E-state index contributed by atoms with van der Waals surface area (Å²) in [4.78, 5) is 14.8. The second-order valence-electron chi connectivity index (χ2n) is 5.63. The lowest BCUT2D eigenvalue weighted by Crippen LogP contribution is -2.34. The average molecular weight is 265 g/mol. The predicted molar refractivity (Wildman–Crippen MR) is 70.9 cm³/mol. The molecule has 0 radical (unpaired) electrons. The number of nitrogens with zero attached hydrogens (tertiary/aromatic N) is 3. The zero-order valence-electron chi connectivity index (χ0n) is 11.5. The number of amides is 2. The summed E-state index contributed by atoms with van der Waals surface area (Å²) >= 11 is 0. The summed E-state index contributed by atoms with van der Waals surface area (Å²) in [7, 11) is 0. The minimum absolute atomic E-state index is 0.170. The van der Waals surface area contributed by atoms with Crippen molar-refractivity contribution >= 4 is 11.9 Å². The van der Waals surface area contributed by atoms with Gasteiger partial charge in [-0.3, -0.25) is 0 Å². The molecule has 2 amide bonds. The summed E-state index contributed by atoms with van der Waals surface area (Å²) in [6.45, 7) is 10.2. The molecule has 0 aliphatic carbocycles. The molecule has 0 saturated carbocycles. The third kappa shape index (κ3) is 2.49. The van der Waals surface area contributed by atoms with Gasteiger partial charge in [-0.1, -0.05) is 32.0 Å². The first-order valence-electron chi connectivity index (χ1n) is 6.19. The van der Waals surface area contributed by atoms with Gasteiger partial charge < -0.3 is 14.5 Å². The van der Waals surface area contributed by atoms with Gasteiger partial charge in [-0.15, -0.1) is 6.58 Å². The van der Waals surface area contributed by atoms with Crippen LogP contribution in [-0.4, -0.2) is 40.5 Å². The van der Waals surface area contributed by atoms with Crippen LogP contribution >= 0.6 is 0 Å². The third-order valence-electron chi connectivity index (χ3n) is 3.01. The van der Waals surface area contributed by atoms with Crippen molar-refractivity contribution in [2.45, 2.75) is 32.4 Å². The molecule has 1 aliphatic heterocycles. The monoisotopic (exact) mass is 265 g/mol. The standard InChI is InChI=1S/C13H19N3O3/c1-5-6-15-8-10(17)16(12(15)18)11-7-9(14-19-11)13(2,3)4/h5,7,10,17H,1,6,8H2,2-4H3. The molecule has 2 rings (SSSR count). The van der Waals surface area contributed by atoms with Crippen LogP contribution in [0.2, 0.25) is 0 Å². The molecule has 1 fully saturated rings. The maximum atomic E-state index is 12.1. The van der Waals surface area contributed by atoms with Gasteiger partial charge in [0, 0.05) is 18.0 Å². The Kier molecular flexibility index (Phi) is 3.36. The Bertz CT molecular complexity index is 490. The van der Waals surface area contributed by atoms with Gasteiger partial charge in [-0.05, 0) is 0 Å². The summed E-state index contributed by atoms with van der Waals surface area (Å²) in [5.74, 6) is 0.272. The zero-order valence-corrected chi connectivity index (χ0v) is 11.5. The topological polar surface area (TPSA) is 69.8 Å².